The van der Waals surface area contributed by atoms with Crippen molar-refractivity contribution in [3.63, 3.8) is 0 Å². The Morgan fingerprint density at radius 3 is 2.61 bits per heavy atom. The third kappa shape index (κ3) is 3.31. The third-order valence-corrected chi connectivity index (χ3v) is 5.26. The molecule has 0 saturated heterocycles. The van der Waals surface area contributed by atoms with Gasteiger partial charge in [0.25, 0.3) is 0 Å². The summed E-state index contributed by atoms with van der Waals surface area (Å²) in [4.78, 5) is 4.24. The zero-order valence-electron chi connectivity index (χ0n) is 11.3. The fourth-order valence-electron chi connectivity index (χ4n) is 2.59. The number of aromatic nitrogens is 1. The van der Waals surface area contributed by atoms with Gasteiger partial charge in [-0.05, 0) is 25.2 Å². The quantitative estimate of drug-likeness (QED) is 0.853. The predicted octanol–water partition coefficient (Wildman–Crippen LogP) is 3.60. The minimum absolute atomic E-state index is 0.425. The Hall–Kier alpha value is -0.900. The van der Waals surface area contributed by atoms with Gasteiger partial charge in [0.1, 0.15) is 0 Å². The van der Waals surface area contributed by atoms with Crippen LogP contribution in [0.3, 0.4) is 0 Å². The third-order valence-electron chi connectivity index (χ3n) is 3.84. The number of pyridine rings is 1. The first-order valence-electron chi connectivity index (χ1n) is 6.70. The molecule has 1 aliphatic rings. The number of hydrogen-bond acceptors (Lipinski definition) is 4. The lowest BCUT2D eigenvalue weighted by atomic mass is 9.88. The number of thioether (sulfide) groups is 1. The van der Waals surface area contributed by atoms with Crippen molar-refractivity contribution in [1.29, 1.82) is 0 Å². The van der Waals surface area contributed by atoms with Gasteiger partial charge >= 0.3 is 0 Å². The van der Waals surface area contributed by atoms with Gasteiger partial charge in [0, 0.05) is 18.3 Å². The van der Waals surface area contributed by atoms with Crippen molar-refractivity contribution >= 4 is 23.1 Å². The summed E-state index contributed by atoms with van der Waals surface area (Å²) in [6.07, 6.45) is 12.8. The molecule has 2 rings (SSSR count). The van der Waals surface area contributed by atoms with E-state index in [1.165, 1.54) is 32.1 Å². The molecule has 18 heavy (non-hydrogen) atoms. The van der Waals surface area contributed by atoms with Crippen molar-refractivity contribution in [2.75, 3.05) is 30.5 Å². The van der Waals surface area contributed by atoms with E-state index in [2.05, 4.69) is 27.9 Å². The molecule has 1 aromatic rings. The van der Waals surface area contributed by atoms with Crippen LogP contribution in [0, 0.1) is 0 Å². The van der Waals surface area contributed by atoms with E-state index in [0.29, 0.717) is 4.75 Å². The van der Waals surface area contributed by atoms with E-state index in [0.717, 1.165) is 17.9 Å². The second kappa shape index (κ2) is 6.32. The van der Waals surface area contributed by atoms with Crippen LogP contribution in [0.2, 0.25) is 0 Å². The Labute approximate surface area is 114 Å². The maximum Gasteiger partial charge on any atom is 0.0547 e. The van der Waals surface area contributed by atoms with Crippen molar-refractivity contribution in [2.45, 2.75) is 36.9 Å². The molecule has 1 saturated carbocycles. The highest BCUT2D eigenvalue weighted by Gasteiger charge is 2.30. The van der Waals surface area contributed by atoms with Gasteiger partial charge in [0.2, 0.25) is 0 Å². The van der Waals surface area contributed by atoms with Crippen LogP contribution >= 0.6 is 11.8 Å². The van der Waals surface area contributed by atoms with Gasteiger partial charge in [-0.25, -0.2) is 0 Å². The molecule has 0 bridgehead atoms. The summed E-state index contributed by atoms with van der Waals surface area (Å²) in [6, 6.07) is 2.11. The maximum atomic E-state index is 4.24. The lowest BCUT2D eigenvalue weighted by Gasteiger charge is -2.36. The van der Waals surface area contributed by atoms with E-state index in [1.807, 2.05) is 31.2 Å². The Bertz CT molecular complexity index is 375. The Morgan fingerprint density at radius 2 is 1.94 bits per heavy atom. The molecule has 0 amide bonds. The average molecular weight is 265 g/mol. The van der Waals surface area contributed by atoms with E-state index < -0.39 is 0 Å². The van der Waals surface area contributed by atoms with Crippen molar-refractivity contribution in [2.24, 2.45) is 0 Å². The first-order chi connectivity index (χ1) is 8.78. The molecule has 1 fully saturated rings. The van der Waals surface area contributed by atoms with E-state index in [9.17, 15) is 0 Å². The second-order valence-electron chi connectivity index (χ2n) is 5.01. The minimum atomic E-state index is 0.425. The fraction of sp³-hybridized carbons (Fsp3) is 0.643. The van der Waals surface area contributed by atoms with Crippen LogP contribution in [0.1, 0.15) is 32.1 Å². The Balaban J connectivity index is 1.96. The number of nitrogens with zero attached hydrogens (tertiary/aromatic N) is 1. The summed E-state index contributed by atoms with van der Waals surface area (Å²) in [6.45, 7) is 1.04. The van der Waals surface area contributed by atoms with E-state index >= 15 is 0 Å². The summed E-state index contributed by atoms with van der Waals surface area (Å²) in [5.74, 6) is 0. The normalized spacial score (nSPS) is 18.3. The Morgan fingerprint density at radius 1 is 1.22 bits per heavy atom. The molecule has 0 atom stereocenters. The largest absolute Gasteiger partial charge is 0.387 e. The van der Waals surface area contributed by atoms with Crippen molar-refractivity contribution in [3.05, 3.63) is 18.5 Å². The predicted molar refractivity (Wildman–Crippen MR) is 81.6 cm³/mol. The van der Waals surface area contributed by atoms with Crippen LogP contribution in [0.5, 0.6) is 0 Å². The Kier molecular flexibility index (Phi) is 4.75. The molecule has 0 radical (unpaired) electrons. The number of hydrogen-bond donors (Lipinski definition) is 2. The molecular weight excluding hydrogens is 242 g/mol. The van der Waals surface area contributed by atoms with Crippen molar-refractivity contribution in [1.82, 2.24) is 4.98 Å². The van der Waals surface area contributed by atoms with E-state index in [-0.39, 0.29) is 0 Å². The number of nitrogens with one attached hydrogen (secondary N) is 2. The average Bonchev–Trinajstić information content (AvgIpc) is 2.46. The molecule has 2 N–H and O–H groups in total. The first kappa shape index (κ1) is 13.5. The van der Waals surface area contributed by atoms with Gasteiger partial charge in [0.15, 0.2) is 0 Å². The van der Waals surface area contributed by atoms with Gasteiger partial charge < -0.3 is 10.6 Å². The SMILES string of the molecule is CNc1cncc(NCC2(SC)CCCCC2)c1. The zero-order chi connectivity index (χ0) is 12.8. The van der Waals surface area contributed by atoms with Crippen LogP contribution in [0.15, 0.2) is 18.5 Å². The van der Waals surface area contributed by atoms with E-state index in [4.69, 9.17) is 0 Å². The van der Waals surface area contributed by atoms with Gasteiger partial charge in [-0.2, -0.15) is 11.8 Å². The monoisotopic (exact) mass is 265 g/mol. The molecule has 0 aromatic carbocycles. The van der Waals surface area contributed by atoms with Crippen LogP contribution in [0.4, 0.5) is 11.4 Å². The molecule has 3 nitrogen and oxygen atoms in total. The van der Waals surface area contributed by atoms with Gasteiger partial charge in [-0.1, -0.05) is 19.3 Å². The lowest BCUT2D eigenvalue weighted by Crippen LogP contribution is -2.35. The second-order valence-corrected chi connectivity index (χ2v) is 6.29. The molecule has 1 heterocycles. The first-order valence-corrected chi connectivity index (χ1v) is 7.92. The summed E-state index contributed by atoms with van der Waals surface area (Å²) < 4.78 is 0.425. The molecule has 1 aromatic heterocycles. The topological polar surface area (TPSA) is 37.0 Å². The standard InChI is InChI=1S/C14H23N3S/c1-15-12-8-13(10-16-9-12)17-11-14(18-2)6-4-3-5-7-14/h8-10,15,17H,3-7,11H2,1-2H3. The van der Waals surface area contributed by atoms with E-state index in [1.54, 1.807) is 0 Å². The van der Waals surface area contributed by atoms with Crippen LogP contribution < -0.4 is 10.6 Å². The molecule has 1 aliphatic carbocycles. The molecule has 0 aliphatic heterocycles. The minimum Gasteiger partial charge on any atom is -0.387 e. The zero-order valence-corrected chi connectivity index (χ0v) is 12.1. The smallest absolute Gasteiger partial charge is 0.0547 e. The van der Waals surface area contributed by atoms with Crippen LogP contribution in [-0.4, -0.2) is 29.6 Å². The highest BCUT2D eigenvalue weighted by molar-refractivity contribution is 8.00. The highest BCUT2D eigenvalue weighted by Crippen LogP contribution is 2.38. The van der Waals surface area contributed by atoms with Crippen molar-refractivity contribution in [3.8, 4) is 0 Å². The summed E-state index contributed by atoms with van der Waals surface area (Å²) in [7, 11) is 1.92. The van der Waals surface area contributed by atoms with Crippen molar-refractivity contribution < 1.29 is 0 Å². The summed E-state index contributed by atoms with van der Waals surface area (Å²) in [5.41, 5.74) is 2.17. The number of rotatable bonds is 5. The van der Waals surface area contributed by atoms with Crippen LogP contribution in [0.25, 0.3) is 0 Å². The molecule has 4 heteroatoms. The summed E-state index contributed by atoms with van der Waals surface area (Å²) in [5, 5.41) is 6.68. The summed E-state index contributed by atoms with van der Waals surface area (Å²) >= 11 is 2.02. The highest BCUT2D eigenvalue weighted by atomic mass is 32.2. The number of anilines is 2. The van der Waals surface area contributed by atoms with Gasteiger partial charge in [0.05, 0.1) is 23.8 Å². The van der Waals surface area contributed by atoms with Gasteiger partial charge in [-0.3, -0.25) is 4.98 Å². The maximum absolute atomic E-state index is 4.24. The molecule has 0 spiro atoms. The molecule has 0 unspecified atom stereocenters. The van der Waals surface area contributed by atoms with Crippen LogP contribution in [-0.2, 0) is 0 Å². The fourth-order valence-corrected chi connectivity index (χ4v) is 3.50. The van der Waals surface area contributed by atoms with Gasteiger partial charge in [-0.15, -0.1) is 0 Å². The molecular formula is C14H23N3S. The lowest BCUT2D eigenvalue weighted by molar-refractivity contribution is 0.411. The molecule has 100 valence electrons.